The van der Waals surface area contributed by atoms with E-state index < -0.39 is 35.5 Å². The molecule has 39 heavy (non-hydrogen) atoms. The van der Waals surface area contributed by atoms with E-state index in [-0.39, 0.29) is 35.6 Å². The highest BCUT2D eigenvalue weighted by Crippen LogP contribution is 2.36. The van der Waals surface area contributed by atoms with Gasteiger partial charge >= 0.3 is 0 Å². The fraction of sp³-hybridized carbons (Fsp3) is 0.370. The van der Waals surface area contributed by atoms with Crippen molar-refractivity contribution >= 4 is 29.3 Å². The summed E-state index contributed by atoms with van der Waals surface area (Å²) in [5.41, 5.74) is 2.72. The van der Waals surface area contributed by atoms with Crippen molar-refractivity contribution in [1.82, 2.24) is 29.7 Å². The Labute approximate surface area is 223 Å². The number of aromatic nitrogens is 4. The fourth-order valence-electron chi connectivity index (χ4n) is 5.58. The molecule has 3 aromatic rings. The summed E-state index contributed by atoms with van der Waals surface area (Å²) < 4.78 is 17.2. The molecule has 1 aromatic carbocycles. The smallest absolute Gasteiger partial charge is 0.262 e. The van der Waals surface area contributed by atoms with E-state index in [1.54, 1.807) is 18.6 Å². The number of anilines is 1. The lowest BCUT2D eigenvalue weighted by Gasteiger charge is -2.33. The maximum Gasteiger partial charge on any atom is 0.262 e. The maximum atomic E-state index is 15.2. The molecule has 2 fully saturated rings. The largest absolute Gasteiger partial charge is 0.369 e. The molecule has 0 aliphatic carbocycles. The second-order valence-electron chi connectivity index (χ2n) is 10.1. The quantitative estimate of drug-likeness (QED) is 0.507. The Morgan fingerprint density at radius 3 is 2.36 bits per heavy atom. The van der Waals surface area contributed by atoms with E-state index >= 15 is 4.39 Å². The van der Waals surface area contributed by atoms with E-state index in [0.717, 1.165) is 33.9 Å². The summed E-state index contributed by atoms with van der Waals surface area (Å²) in [7, 11) is 1.93. The Morgan fingerprint density at radius 1 is 0.974 bits per heavy atom. The minimum Gasteiger partial charge on any atom is -0.369 e. The van der Waals surface area contributed by atoms with Crippen molar-refractivity contribution in [2.45, 2.75) is 44.6 Å². The number of fused-ring (bicyclic) bond motifs is 1. The van der Waals surface area contributed by atoms with Gasteiger partial charge in [-0.3, -0.25) is 34.4 Å². The van der Waals surface area contributed by atoms with Crippen LogP contribution in [0.25, 0.3) is 11.4 Å². The number of aryl methyl sites for hydroxylation is 1. The fourth-order valence-corrected chi connectivity index (χ4v) is 5.58. The van der Waals surface area contributed by atoms with Gasteiger partial charge in [0, 0.05) is 38.7 Å². The molecule has 12 heteroatoms. The van der Waals surface area contributed by atoms with E-state index in [1.165, 1.54) is 6.07 Å². The number of carbonyl (C=O) groups excluding carboxylic acids is 4. The van der Waals surface area contributed by atoms with Gasteiger partial charge in [0.05, 0.1) is 40.6 Å². The summed E-state index contributed by atoms with van der Waals surface area (Å²) >= 11 is 0. The van der Waals surface area contributed by atoms with Crippen LogP contribution in [-0.4, -0.2) is 67.2 Å². The third kappa shape index (κ3) is 4.16. The molecule has 11 nitrogen and oxygen atoms in total. The van der Waals surface area contributed by atoms with Crippen LogP contribution in [0.4, 0.5) is 10.1 Å². The van der Waals surface area contributed by atoms with Crippen LogP contribution in [0.3, 0.4) is 0 Å². The van der Waals surface area contributed by atoms with Gasteiger partial charge in [0.15, 0.2) is 0 Å². The predicted molar refractivity (Wildman–Crippen MR) is 136 cm³/mol. The van der Waals surface area contributed by atoms with Crippen LogP contribution in [-0.2, 0) is 16.6 Å². The average Bonchev–Trinajstić information content (AvgIpc) is 3.38. The van der Waals surface area contributed by atoms with Crippen LogP contribution in [0.15, 0.2) is 30.7 Å². The Hall–Kier alpha value is -4.48. The third-order valence-corrected chi connectivity index (χ3v) is 7.90. The number of hydrogen-bond donors (Lipinski definition) is 1. The van der Waals surface area contributed by atoms with Gasteiger partial charge < -0.3 is 9.47 Å². The van der Waals surface area contributed by atoms with Crippen molar-refractivity contribution in [3.05, 3.63) is 59.2 Å². The number of carbonyl (C=O) groups is 4. The first-order valence-electron chi connectivity index (χ1n) is 12.8. The van der Waals surface area contributed by atoms with Crippen LogP contribution in [0.1, 0.15) is 63.8 Å². The topological polar surface area (TPSA) is 130 Å². The molecule has 0 saturated carbocycles. The molecule has 0 bridgehead atoms. The summed E-state index contributed by atoms with van der Waals surface area (Å²) in [5, 5.41) is 2.16. The second-order valence-corrected chi connectivity index (χ2v) is 10.1. The Kier molecular flexibility index (Phi) is 5.96. The number of benzene rings is 1. The Bertz CT molecular complexity index is 1540. The second kappa shape index (κ2) is 9.37. The number of nitrogens with one attached hydrogen (secondary N) is 1. The van der Waals surface area contributed by atoms with Gasteiger partial charge in [-0.05, 0) is 38.3 Å². The van der Waals surface area contributed by atoms with Crippen molar-refractivity contribution < 1.29 is 23.6 Å². The molecule has 3 aliphatic heterocycles. The Balaban J connectivity index is 1.19. The van der Waals surface area contributed by atoms with Crippen LogP contribution in [0, 0.1) is 12.7 Å². The number of halogens is 1. The third-order valence-electron chi connectivity index (χ3n) is 7.90. The molecule has 4 amide bonds. The molecule has 2 saturated heterocycles. The van der Waals surface area contributed by atoms with Gasteiger partial charge in [0.2, 0.25) is 11.8 Å². The van der Waals surface area contributed by atoms with Crippen LogP contribution in [0.5, 0.6) is 0 Å². The molecule has 1 unspecified atom stereocenters. The molecule has 0 spiro atoms. The van der Waals surface area contributed by atoms with Crippen molar-refractivity contribution in [1.29, 1.82) is 0 Å². The predicted octanol–water partition coefficient (Wildman–Crippen LogP) is 2.11. The van der Waals surface area contributed by atoms with Crippen molar-refractivity contribution in [3.8, 4) is 11.4 Å². The van der Waals surface area contributed by atoms with Gasteiger partial charge in [-0.1, -0.05) is 0 Å². The number of rotatable bonds is 4. The number of hydrogen-bond acceptors (Lipinski definition) is 8. The zero-order valence-corrected chi connectivity index (χ0v) is 21.5. The van der Waals surface area contributed by atoms with Crippen LogP contribution in [0.2, 0.25) is 0 Å². The molecular weight excluding hydrogens is 505 g/mol. The zero-order valence-electron chi connectivity index (χ0n) is 21.5. The summed E-state index contributed by atoms with van der Waals surface area (Å²) in [6.45, 7) is 2.97. The van der Waals surface area contributed by atoms with Crippen molar-refractivity contribution in [2.75, 3.05) is 18.0 Å². The molecule has 3 aliphatic rings. The van der Waals surface area contributed by atoms with E-state index in [9.17, 15) is 19.2 Å². The van der Waals surface area contributed by atoms with Crippen molar-refractivity contribution in [2.24, 2.45) is 7.05 Å². The minimum atomic E-state index is -1.09. The standard InChI is InChI=1S/C27H26FN7O4/c1-14-30-13-23(33(14)2)20-12-29-11-19(31-20)15-5-7-34(8-6-15)22-10-17-16(9-18(22)28)26(38)35(27(17)39)21-3-4-24(36)32-25(21)37/h9-13,15,21H,3-8H2,1-2H3,(H,32,36,37). The van der Waals surface area contributed by atoms with Crippen LogP contribution < -0.4 is 10.2 Å². The summed E-state index contributed by atoms with van der Waals surface area (Å²) in [5.74, 6) is -2.13. The van der Waals surface area contributed by atoms with E-state index in [4.69, 9.17) is 4.98 Å². The average molecular weight is 532 g/mol. The molecule has 1 atom stereocenters. The molecule has 1 N–H and O–H groups in total. The van der Waals surface area contributed by atoms with Gasteiger partial charge in [-0.2, -0.15) is 0 Å². The van der Waals surface area contributed by atoms with Crippen molar-refractivity contribution in [3.63, 3.8) is 0 Å². The van der Waals surface area contributed by atoms with Crippen LogP contribution >= 0.6 is 0 Å². The molecule has 5 heterocycles. The molecule has 0 radical (unpaired) electrons. The highest BCUT2D eigenvalue weighted by molar-refractivity contribution is 6.23. The first-order valence-corrected chi connectivity index (χ1v) is 12.8. The summed E-state index contributed by atoms with van der Waals surface area (Å²) in [6, 6.07) is 1.39. The molecule has 2 aromatic heterocycles. The Morgan fingerprint density at radius 2 is 1.69 bits per heavy atom. The number of imidazole rings is 1. The monoisotopic (exact) mass is 531 g/mol. The number of piperidine rings is 2. The lowest BCUT2D eigenvalue weighted by atomic mass is 9.93. The molecular formula is C27H26FN7O4. The van der Waals surface area contributed by atoms with Gasteiger partial charge in [0.25, 0.3) is 11.8 Å². The first kappa shape index (κ1) is 24.8. The number of amides is 4. The van der Waals surface area contributed by atoms with E-state index in [1.807, 2.05) is 23.4 Å². The molecule has 6 rings (SSSR count). The van der Waals surface area contributed by atoms with E-state index in [0.29, 0.717) is 25.9 Å². The lowest BCUT2D eigenvalue weighted by molar-refractivity contribution is -0.136. The number of nitrogens with zero attached hydrogens (tertiary/aromatic N) is 6. The summed E-state index contributed by atoms with van der Waals surface area (Å²) in [4.78, 5) is 66.2. The lowest BCUT2D eigenvalue weighted by Crippen LogP contribution is -2.54. The zero-order chi connectivity index (χ0) is 27.4. The highest BCUT2D eigenvalue weighted by atomic mass is 19.1. The first-order chi connectivity index (χ1) is 18.7. The van der Waals surface area contributed by atoms with Gasteiger partial charge in [-0.15, -0.1) is 0 Å². The number of imide groups is 2. The maximum absolute atomic E-state index is 15.2. The summed E-state index contributed by atoms with van der Waals surface area (Å²) in [6.07, 6.45) is 6.72. The minimum absolute atomic E-state index is 0.0212. The SMILES string of the molecule is Cc1ncc(-c2cncc(C3CCN(c4cc5c(cc4F)C(=O)N(C4CCC(=O)NC4=O)C5=O)CC3)n2)n1C. The van der Waals surface area contributed by atoms with E-state index in [2.05, 4.69) is 15.3 Å². The normalized spacial score (nSPS) is 20.0. The van der Waals surface area contributed by atoms with Gasteiger partial charge in [-0.25, -0.2) is 14.4 Å². The highest BCUT2D eigenvalue weighted by Gasteiger charge is 2.45. The van der Waals surface area contributed by atoms with Gasteiger partial charge in [0.1, 0.15) is 23.4 Å². The molecule has 200 valence electrons.